The maximum atomic E-state index is 14.2. The molecule has 32 heavy (non-hydrogen) atoms. The Kier molecular flexibility index (Phi) is 6.89. The van der Waals surface area contributed by atoms with Crippen molar-refractivity contribution in [2.75, 3.05) is 39.9 Å². The average molecular weight is 439 g/mol. The van der Waals surface area contributed by atoms with E-state index in [2.05, 4.69) is 0 Å². The lowest BCUT2D eigenvalue weighted by Crippen LogP contribution is -2.52. The molecule has 170 valence electrons. The average Bonchev–Trinajstić information content (AvgIpc) is 3.35. The largest absolute Gasteiger partial charge is 0.375 e. The third-order valence-electron chi connectivity index (χ3n) is 6.87. The number of methoxy groups -OCH3 is 1. The van der Waals surface area contributed by atoms with Crippen LogP contribution in [0.1, 0.15) is 31.2 Å². The highest BCUT2D eigenvalue weighted by Gasteiger charge is 2.44. The first-order valence-electron chi connectivity index (χ1n) is 11.4. The maximum absolute atomic E-state index is 14.2. The summed E-state index contributed by atoms with van der Waals surface area (Å²) in [5.41, 5.74) is 1.96. The summed E-state index contributed by atoms with van der Waals surface area (Å²) in [5, 5.41) is 0. The van der Waals surface area contributed by atoms with E-state index in [9.17, 15) is 14.0 Å². The molecule has 6 heteroatoms. The number of rotatable bonds is 6. The van der Waals surface area contributed by atoms with Crippen molar-refractivity contribution in [2.24, 2.45) is 5.41 Å². The van der Waals surface area contributed by atoms with Crippen molar-refractivity contribution in [3.05, 3.63) is 59.9 Å². The molecule has 0 radical (unpaired) electrons. The summed E-state index contributed by atoms with van der Waals surface area (Å²) in [6.45, 7) is 2.84. The fourth-order valence-corrected chi connectivity index (χ4v) is 5.01. The molecule has 2 fully saturated rings. The van der Waals surface area contributed by atoms with Crippen molar-refractivity contribution >= 4 is 11.8 Å². The molecule has 5 nitrogen and oxygen atoms in total. The number of hydrogen-bond acceptors (Lipinski definition) is 3. The summed E-state index contributed by atoms with van der Waals surface area (Å²) in [6, 6.07) is 14.6. The van der Waals surface area contributed by atoms with E-state index in [4.69, 9.17) is 4.74 Å². The normalized spacial score (nSPS) is 18.1. The lowest BCUT2D eigenvalue weighted by Gasteiger charge is -2.42. The second-order valence-electron chi connectivity index (χ2n) is 8.95. The van der Waals surface area contributed by atoms with Gasteiger partial charge in [0.1, 0.15) is 12.4 Å². The van der Waals surface area contributed by atoms with E-state index in [0.29, 0.717) is 37.9 Å². The maximum Gasteiger partial charge on any atom is 0.248 e. The highest BCUT2D eigenvalue weighted by Crippen LogP contribution is 2.38. The standard InChI is InChI=1S/C26H31FN2O3/c1-32-19-24(30)28-16-12-26(13-17-28,25(31)29-14-4-5-15-29)18-20-8-10-21(11-9-20)22-6-2-3-7-23(22)27/h2-3,6-11H,4-5,12-19H2,1H3. The molecular weight excluding hydrogens is 407 g/mol. The first kappa shape index (κ1) is 22.5. The van der Waals surface area contributed by atoms with Crippen LogP contribution in [0.3, 0.4) is 0 Å². The summed E-state index contributed by atoms with van der Waals surface area (Å²) in [4.78, 5) is 29.7. The number of piperidine rings is 1. The van der Waals surface area contributed by atoms with Gasteiger partial charge in [0, 0.05) is 38.9 Å². The van der Waals surface area contributed by atoms with E-state index in [0.717, 1.165) is 37.1 Å². The Bertz CT molecular complexity index is 946. The molecule has 2 aromatic rings. The Hall–Kier alpha value is -2.73. The number of benzene rings is 2. The lowest BCUT2D eigenvalue weighted by molar-refractivity contribution is -0.148. The fraction of sp³-hybridized carbons (Fsp3) is 0.462. The topological polar surface area (TPSA) is 49.9 Å². The van der Waals surface area contributed by atoms with Crippen LogP contribution >= 0.6 is 0 Å². The smallest absolute Gasteiger partial charge is 0.248 e. The van der Waals surface area contributed by atoms with Gasteiger partial charge in [-0.3, -0.25) is 9.59 Å². The minimum atomic E-state index is -0.506. The molecule has 0 aliphatic carbocycles. The van der Waals surface area contributed by atoms with E-state index in [1.165, 1.54) is 13.2 Å². The predicted molar refractivity (Wildman–Crippen MR) is 121 cm³/mol. The number of amides is 2. The molecule has 0 unspecified atom stereocenters. The molecule has 0 aromatic heterocycles. The zero-order valence-electron chi connectivity index (χ0n) is 18.7. The van der Waals surface area contributed by atoms with Gasteiger partial charge in [-0.25, -0.2) is 4.39 Å². The van der Waals surface area contributed by atoms with Crippen LogP contribution in [0.25, 0.3) is 11.1 Å². The summed E-state index contributed by atoms with van der Waals surface area (Å²) in [7, 11) is 1.52. The van der Waals surface area contributed by atoms with Crippen LogP contribution in [-0.4, -0.2) is 61.5 Å². The zero-order valence-corrected chi connectivity index (χ0v) is 18.7. The van der Waals surface area contributed by atoms with E-state index in [1.807, 2.05) is 35.2 Å². The molecule has 2 aliphatic heterocycles. The van der Waals surface area contributed by atoms with Crippen LogP contribution < -0.4 is 0 Å². The Morgan fingerprint density at radius 1 is 0.938 bits per heavy atom. The minimum absolute atomic E-state index is 0.0241. The fourth-order valence-electron chi connectivity index (χ4n) is 5.01. The minimum Gasteiger partial charge on any atom is -0.375 e. The molecule has 2 aliphatic rings. The number of hydrogen-bond donors (Lipinski definition) is 0. The van der Waals surface area contributed by atoms with Gasteiger partial charge in [0.25, 0.3) is 0 Å². The third-order valence-corrected chi connectivity index (χ3v) is 6.87. The van der Waals surface area contributed by atoms with Crippen molar-refractivity contribution in [1.82, 2.24) is 9.80 Å². The Balaban J connectivity index is 1.54. The SMILES string of the molecule is COCC(=O)N1CCC(Cc2ccc(-c3ccccc3F)cc2)(C(=O)N2CCCC2)CC1. The monoisotopic (exact) mass is 438 g/mol. The van der Waals surface area contributed by atoms with Crippen LogP contribution in [0.15, 0.2) is 48.5 Å². The summed E-state index contributed by atoms with van der Waals surface area (Å²) in [6.07, 6.45) is 4.03. The van der Waals surface area contributed by atoms with Crippen molar-refractivity contribution in [3.8, 4) is 11.1 Å². The van der Waals surface area contributed by atoms with E-state index < -0.39 is 5.41 Å². The second-order valence-corrected chi connectivity index (χ2v) is 8.95. The van der Waals surface area contributed by atoms with Gasteiger partial charge >= 0.3 is 0 Å². The first-order chi connectivity index (χ1) is 15.5. The van der Waals surface area contributed by atoms with Crippen LogP contribution in [0.5, 0.6) is 0 Å². The molecule has 0 spiro atoms. The molecule has 2 aromatic carbocycles. The van der Waals surface area contributed by atoms with Crippen molar-refractivity contribution < 1.29 is 18.7 Å². The third kappa shape index (κ3) is 4.70. The van der Waals surface area contributed by atoms with Gasteiger partial charge in [0.15, 0.2) is 0 Å². The molecule has 0 atom stereocenters. The highest BCUT2D eigenvalue weighted by atomic mass is 19.1. The quantitative estimate of drug-likeness (QED) is 0.687. The Morgan fingerprint density at radius 3 is 2.22 bits per heavy atom. The molecule has 2 saturated heterocycles. The van der Waals surface area contributed by atoms with Crippen LogP contribution in [-0.2, 0) is 20.7 Å². The van der Waals surface area contributed by atoms with Crippen molar-refractivity contribution in [1.29, 1.82) is 0 Å². The van der Waals surface area contributed by atoms with Crippen molar-refractivity contribution in [2.45, 2.75) is 32.1 Å². The molecule has 0 N–H and O–H groups in total. The van der Waals surface area contributed by atoms with Gasteiger partial charge < -0.3 is 14.5 Å². The van der Waals surface area contributed by atoms with Crippen molar-refractivity contribution in [3.63, 3.8) is 0 Å². The summed E-state index contributed by atoms with van der Waals surface area (Å²) < 4.78 is 19.1. The van der Waals surface area contributed by atoms with Crippen LogP contribution in [0, 0.1) is 11.2 Å². The summed E-state index contributed by atoms with van der Waals surface area (Å²) >= 11 is 0. The lowest BCUT2D eigenvalue weighted by atomic mass is 9.72. The molecule has 2 heterocycles. The van der Waals surface area contributed by atoms with Crippen LogP contribution in [0.2, 0.25) is 0 Å². The number of carbonyl (C=O) groups excluding carboxylic acids is 2. The summed E-state index contributed by atoms with van der Waals surface area (Å²) in [5.74, 6) is -0.0509. The Morgan fingerprint density at radius 2 is 1.59 bits per heavy atom. The van der Waals surface area contributed by atoms with Gasteiger partial charge in [-0.15, -0.1) is 0 Å². The molecular formula is C26H31FN2O3. The number of ether oxygens (including phenoxy) is 1. The molecule has 0 bridgehead atoms. The van der Waals surface area contributed by atoms with Crippen LogP contribution in [0.4, 0.5) is 4.39 Å². The van der Waals surface area contributed by atoms with E-state index in [1.54, 1.807) is 17.0 Å². The second kappa shape index (κ2) is 9.82. The number of likely N-dealkylation sites (tertiary alicyclic amines) is 2. The van der Waals surface area contributed by atoms with E-state index >= 15 is 0 Å². The van der Waals surface area contributed by atoms with Gasteiger partial charge in [0.2, 0.25) is 11.8 Å². The first-order valence-corrected chi connectivity index (χ1v) is 11.4. The van der Waals surface area contributed by atoms with Gasteiger partial charge in [0.05, 0.1) is 5.41 Å². The number of carbonyl (C=O) groups is 2. The van der Waals surface area contributed by atoms with Gasteiger partial charge in [-0.2, -0.15) is 0 Å². The van der Waals surface area contributed by atoms with Gasteiger partial charge in [-0.05, 0) is 49.3 Å². The molecule has 4 rings (SSSR count). The number of halogens is 1. The number of nitrogens with zero attached hydrogens (tertiary/aromatic N) is 2. The Labute approximate surface area is 189 Å². The zero-order chi connectivity index (χ0) is 22.6. The molecule has 0 saturated carbocycles. The predicted octanol–water partition coefficient (Wildman–Crippen LogP) is 3.91. The molecule has 2 amide bonds. The van der Waals surface area contributed by atoms with Gasteiger partial charge in [-0.1, -0.05) is 42.5 Å². The highest BCUT2D eigenvalue weighted by molar-refractivity contribution is 5.84. The van der Waals surface area contributed by atoms with E-state index in [-0.39, 0.29) is 24.2 Å².